The standard InChI is InChI=1S/C10H15N5O5S/c1-12-9(16)5-6-13-21(19,20)8-4-2-3-7(14-11)10(8)15(17)18/h2-4,13-14H,5-6,11H2,1H3,(H,12,16). The molecule has 1 amide bonds. The molecule has 0 fully saturated rings. The number of sulfonamides is 1. The highest BCUT2D eigenvalue weighted by molar-refractivity contribution is 7.89. The first-order chi connectivity index (χ1) is 9.83. The van der Waals surface area contributed by atoms with Crippen molar-refractivity contribution in [1.29, 1.82) is 0 Å². The number of hydrogen-bond donors (Lipinski definition) is 4. The largest absolute Gasteiger partial charge is 0.359 e. The Kier molecular flexibility index (Phi) is 5.58. The minimum atomic E-state index is -4.14. The van der Waals surface area contributed by atoms with Gasteiger partial charge in [-0.3, -0.25) is 20.8 Å². The summed E-state index contributed by atoms with van der Waals surface area (Å²) in [5.74, 6) is 4.78. The van der Waals surface area contributed by atoms with Gasteiger partial charge in [0, 0.05) is 20.0 Å². The second-order valence-electron chi connectivity index (χ2n) is 3.87. The number of benzene rings is 1. The molecular weight excluding hydrogens is 302 g/mol. The van der Waals surface area contributed by atoms with Crippen molar-refractivity contribution in [3.63, 3.8) is 0 Å². The average Bonchev–Trinajstić information content (AvgIpc) is 2.45. The molecule has 116 valence electrons. The van der Waals surface area contributed by atoms with Gasteiger partial charge < -0.3 is 10.7 Å². The minimum absolute atomic E-state index is 0.0850. The number of nitrogens with two attached hydrogens (primary N) is 1. The van der Waals surface area contributed by atoms with Crippen LogP contribution in [0.25, 0.3) is 0 Å². The first-order valence-electron chi connectivity index (χ1n) is 5.77. The number of carbonyl (C=O) groups excluding carboxylic acids is 1. The molecule has 0 saturated carbocycles. The fourth-order valence-corrected chi connectivity index (χ4v) is 2.77. The van der Waals surface area contributed by atoms with Crippen LogP contribution in [-0.2, 0) is 14.8 Å². The molecule has 0 aliphatic rings. The molecule has 0 aliphatic heterocycles. The van der Waals surface area contributed by atoms with Crippen molar-refractivity contribution in [1.82, 2.24) is 10.0 Å². The molecule has 0 aromatic heterocycles. The number of nitro groups is 1. The van der Waals surface area contributed by atoms with Gasteiger partial charge in [-0.05, 0) is 12.1 Å². The first kappa shape index (κ1) is 16.8. The third-order valence-corrected chi connectivity index (χ3v) is 4.04. The van der Waals surface area contributed by atoms with Crippen LogP contribution in [0.5, 0.6) is 0 Å². The highest BCUT2D eigenvalue weighted by Gasteiger charge is 2.28. The van der Waals surface area contributed by atoms with Crippen LogP contribution < -0.4 is 21.3 Å². The minimum Gasteiger partial charge on any atom is -0.359 e. The third-order valence-electron chi connectivity index (χ3n) is 2.55. The molecule has 1 aromatic rings. The molecule has 0 heterocycles. The van der Waals surface area contributed by atoms with Crippen LogP contribution in [0, 0.1) is 10.1 Å². The molecule has 5 N–H and O–H groups in total. The van der Waals surface area contributed by atoms with Crippen molar-refractivity contribution in [3.8, 4) is 0 Å². The molecule has 21 heavy (non-hydrogen) atoms. The maximum Gasteiger partial charge on any atom is 0.313 e. The molecule has 0 unspecified atom stereocenters. The van der Waals surface area contributed by atoms with E-state index in [-0.39, 0.29) is 24.6 Å². The van der Waals surface area contributed by atoms with Gasteiger partial charge in [0.25, 0.3) is 0 Å². The molecule has 0 spiro atoms. The van der Waals surface area contributed by atoms with E-state index in [0.717, 1.165) is 6.07 Å². The van der Waals surface area contributed by atoms with Crippen LogP contribution >= 0.6 is 0 Å². The van der Waals surface area contributed by atoms with E-state index in [4.69, 9.17) is 5.84 Å². The van der Waals surface area contributed by atoms with E-state index >= 15 is 0 Å². The smallest absolute Gasteiger partial charge is 0.313 e. The Bertz CT molecular complexity index is 645. The molecular formula is C10H15N5O5S. The van der Waals surface area contributed by atoms with Crippen LogP contribution in [0.15, 0.2) is 23.1 Å². The Morgan fingerprint density at radius 1 is 1.43 bits per heavy atom. The molecule has 0 saturated heterocycles. The lowest BCUT2D eigenvalue weighted by Gasteiger charge is -2.09. The van der Waals surface area contributed by atoms with Crippen LogP contribution in [0.2, 0.25) is 0 Å². The van der Waals surface area contributed by atoms with E-state index in [9.17, 15) is 23.3 Å². The van der Waals surface area contributed by atoms with Gasteiger partial charge in [-0.2, -0.15) is 0 Å². The molecule has 0 radical (unpaired) electrons. The number of nitrogens with zero attached hydrogens (tertiary/aromatic N) is 1. The number of nitrogens with one attached hydrogen (secondary N) is 3. The van der Waals surface area contributed by atoms with Crippen molar-refractivity contribution in [3.05, 3.63) is 28.3 Å². The van der Waals surface area contributed by atoms with Gasteiger partial charge in [-0.1, -0.05) is 6.07 Å². The zero-order valence-corrected chi connectivity index (χ0v) is 11.9. The molecule has 1 aromatic carbocycles. The van der Waals surface area contributed by atoms with E-state index in [1.165, 1.54) is 19.2 Å². The summed E-state index contributed by atoms with van der Waals surface area (Å²) in [6, 6.07) is 3.68. The number of amides is 1. The zero-order chi connectivity index (χ0) is 16.0. The van der Waals surface area contributed by atoms with Gasteiger partial charge in [-0.15, -0.1) is 0 Å². The molecule has 0 aliphatic carbocycles. The number of nitro benzene ring substituents is 1. The van der Waals surface area contributed by atoms with E-state index in [2.05, 4.69) is 15.5 Å². The van der Waals surface area contributed by atoms with Crippen molar-refractivity contribution in [2.24, 2.45) is 5.84 Å². The summed E-state index contributed by atoms with van der Waals surface area (Å²) >= 11 is 0. The molecule has 0 atom stereocenters. The summed E-state index contributed by atoms with van der Waals surface area (Å²) in [6.07, 6.45) is -0.0850. The highest BCUT2D eigenvalue weighted by Crippen LogP contribution is 2.31. The van der Waals surface area contributed by atoms with Crippen LogP contribution in [-0.4, -0.2) is 32.8 Å². The van der Waals surface area contributed by atoms with E-state index in [1.807, 2.05) is 0 Å². The Labute approximate surface area is 120 Å². The topological polar surface area (TPSA) is 156 Å². The fraction of sp³-hybridized carbons (Fsp3) is 0.300. The Balaban J connectivity index is 3.08. The highest BCUT2D eigenvalue weighted by atomic mass is 32.2. The van der Waals surface area contributed by atoms with Crippen LogP contribution in [0.4, 0.5) is 11.4 Å². The van der Waals surface area contributed by atoms with Gasteiger partial charge in [0.1, 0.15) is 5.69 Å². The molecule has 10 nitrogen and oxygen atoms in total. The number of anilines is 1. The third kappa shape index (κ3) is 4.11. The lowest BCUT2D eigenvalue weighted by atomic mass is 10.3. The number of nitrogen functional groups attached to an aromatic ring is 1. The van der Waals surface area contributed by atoms with E-state index in [0.29, 0.717) is 0 Å². The summed E-state index contributed by atoms with van der Waals surface area (Å²) in [5.41, 5.74) is 1.28. The summed E-state index contributed by atoms with van der Waals surface area (Å²) in [5, 5.41) is 13.4. The van der Waals surface area contributed by atoms with E-state index < -0.39 is 25.5 Å². The summed E-state index contributed by atoms with van der Waals surface area (Å²) in [4.78, 5) is 20.7. The van der Waals surface area contributed by atoms with Crippen LogP contribution in [0.1, 0.15) is 6.42 Å². The summed E-state index contributed by atoms with van der Waals surface area (Å²) in [7, 11) is -2.72. The van der Waals surface area contributed by atoms with Gasteiger partial charge in [-0.25, -0.2) is 13.1 Å². The SMILES string of the molecule is CNC(=O)CCNS(=O)(=O)c1cccc(NN)c1[N+](=O)[O-]. The van der Waals surface area contributed by atoms with E-state index in [1.54, 1.807) is 0 Å². The quantitative estimate of drug-likeness (QED) is 0.294. The maximum atomic E-state index is 12.1. The van der Waals surface area contributed by atoms with Crippen molar-refractivity contribution in [2.45, 2.75) is 11.3 Å². The summed E-state index contributed by atoms with van der Waals surface area (Å²) in [6.45, 7) is -0.181. The lowest BCUT2D eigenvalue weighted by molar-refractivity contribution is -0.386. The van der Waals surface area contributed by atoms with Gasteiger partial charge in [0.2, 0.25) is 15.9 Å². The number of hydrogen-bond acceptors (Lipinski definition) is 7. The zero-order valence-electron chi connectivity index (χ0n) is 11.1. The predicted octanol–water partition coefficient (Wildman–Crippen LogP) is -0.705. The van der Waals surface area contributed by atoms with Gasteiger partial charge >= 0.3 is 5.69 Å². The Morgan fingerprint density at radius 3 is 2.62 bits per heavy atom. The molecule has 11 heteroatoms. The Hall–Kier alpha value is -2.24. The fourth-order valence-electron chi connectivity index (χ4n) is 1.55. The monoisotopic (exact) mass is 317 g/mol. The second kappa shape index (κ2) is 6.97. The number of rotatable bonds is 7. The number of carbonyl (C=O) groups is 1. The predicted molar refractivity (Wildman–Crippen MR) is 74.8 cm³/mol. The lowest BCUT2D eigenvalue weighted by Crippen LogP contribution is -2.29. The number of hydrazine groups is 1. The molecule has 0 bridgehead atoms. The van der Waals surface area contributed by atoms with Gasteiger partial charge in [0.05, 0.1) is 4.92 Å². The normalized spacial score (nSPS) is 11.0. The average molecular weight is 317 g/mol. The maximum absolute atomic E-state index is 12.1. The summed E-state index contributed by atoms with van der Waals surface area (Å²) < 4.78 is 26.3. The van der Waals surface area contributed by atoms with Gasteiger partial charge in [0.15, 0.2) is 4.90 Å². The van der Waals surface area contributed by atoms with Crippen molar-refractivity contribution in [2.75, 3.05) is 19.0 Å². The molecule has 1 rings (SSSR count). The Morgan fingerprint density at radius 2 is 2.10 bits per heavy atom. The van der Waals surface area contributed by atoms with Crippen LogP contribution in [0.3, 0.4) is 0 Å². The first-order valence-corrected chi connectivity index (χ1v) is 7.26. The number of para-hydroxylation sites is 1. The van der Waals surface area contributed by atoms with Crippen molar-refractivity contribution >= 4 is 27.3 Å². The second-order valence-corrected chi connectivity index (χ2v) is 5.61. The van der Waals surface area contributed by atoms with Crippen molar-refractivity contribution < 1.29 is 18.1 Å².